The van der Waals surface area contributed by atoms with E-state index >= 15 is 4.39 Å². The predicted molar refractivity (Wildman–Crippen MR) is 151 cm³/mol. The van der Waals surface area contributed by atoms with Crippen LogP contribution in [0.15, 0.2) is 48.7 Å². The first-order chi connectivity index (χ1) is 20.3. The summed E-state index contributed by atoms with van der Waals surface area (Å²) in [5, 5.41) is 7.19. The van der Waals surface area contributed by atoms with Gasteiger partial charge in [0.25, 0.3) is 0 Å². The van der Waals surface area contributed by atoms with Crippen molar-refractivity contribution in [2.45, 2.75) is 39.9 Å². The number of amides is 2. The number of aryl methyl sites for hydroxylation is 1. The fourth-order valence-corrected chi connectivity index (χ4v) is 5.01. The van der Waals surface area contributed by atoms with Gasteiger partial charge in [0.2, 0.25) is 0 Å². The lowest BCUT2D eigenvalue weighted by Crippen LogP contribution is -2.32. The Morgan fingerprint density at radius 3 is 2.56 bits per heavy atom. The van der Waals surface area contributed by atoms with Crippen LogP contribution in [0.5, 0.6) is 5.75 Å². The number of carbonyl (C=O) groups excluding carboxylic acids is 1. The van der Waals surface area contributed by atoms with E-state index < -0.39 is 29.4 Å². The van der Waals surface area contributed by atoms with Gasteiger partial charge in [-0.05, 0) is 48.7 Å². The topological polar surface area (TPSA) is 98.3 Å². The van der Waals surface area contributed by atoms with Crippen LogP contribution in [0.4, 0.5) is 38.3 Å². The normalized spacial score (nSPS) is 13.3. The van der Waals surface area contributed by atoms with Crippen LogP contribution in [-0.2, 0) is 19.1 Å². The quantitative estimate of drug-likeness (QED) is 0.232. The molecule has 8 nitrogen and oxygen atoms in total. The van der Waals surface area contributed by atoms with Crippen LogP contribution in [0.25, 0.3) is 16.9 Å². The summed E-state index contributed by atoms with van der Waals surface area (Å²) in [5.41, 5.74) is 7.14. The molecule has 0 bridgehead atoms. The molecule has 13 heteroatoms. The lowest BCUT2D eigenvalue weighted by molar-refractivity contribution is -0.138. The maximum absolute atomic E-state index is 15.8. The van der Waals surface area contributed by atoms with Gasteiger partial charge in [-0.15, -0.1) is 0 Å². The number of nitrogens with two attached hydrogens (primary N) is 1. The lowest BCUT2D eigenvalue weighted by atomic mass is 9.99. The van der Waals surface area contributed by atoms with Crippen molar-refractivity contribution >= 4 is 17.5 Å². The van der Waals surface area contributed by atoms with E-state index in [1.54, 1.807) is 10.7 Å². The number of primary amides is 1. The average molecular weight is 601 g/mol. The van der Waals surface area contributed by atoms with Crippen LogP contribution in [-0.4, -0.2) is 33.9 Å². The van der Waals surface area contributed by atoms with Gasteiger partial charge >= 0.3 is 12.2 Å². The SMILES string of the molecule is Cc1cccc(OCC(C)C)c1-n1nc2c(c1-c1ccc(NC(N)=O)cc1F)CN(c1ncc(C(F)(F)F)cc1F)CC2. The molecular weight excluding hydrogens is 571 g/mol. The second-order valence-corrected chi connectivity index (χ2v) is 10.7. The second kappa shape index (κ2) is 11.5. The number of halogens is 5. The first-order valence-corrected chi connectivity index (χ1v) is 13.5. The van der Waals surface area contributed by atoms with Crippen molar-refractivity contribution in [3.8, 4) is 22.7 Å². The largest absolute Gasteiger partial charge is 0.491 e. The van der Waals surface area contributed by atoms with E-state index in [0.29, 0.717) is 47.3 Å². The molecule has 1 aliphatic rings. The highest BCUT2D eigenvalue weighted by molar-refractivity contribution is 5.88. The summed E-state index contributed by atoms with van der Waals surface area (Å²) in [6.07, 6.45) is -3.87. The molecule has 0 unspecified atom stereocenters. The van der Waals surface area contributed by atoms with Gasteiger partial charge in [-0.25, -0.2) is 23.2 Å². The number of urea groups is 1. The summed E-state index contributed by atoms with van der Waals surface area (Å²) in [6, 6.07) is 9.13. The lowest BCUT2D eigenvalue weighted by Gasteiger charge is -2.28. The third kappa shape index (κ3) is 6.11. The summed E-state index contributed by atoms with van der Waals surface area (Å²) in [5.74, 6) is -1.32. The molecule has 3 N–H and O–H groups in total. The summed E-state index contributed by atoms with van der Waals surface area (Å²) in [6.45, 7) is 6.51. The molecule has 0 saturated heterocycles. The van der Waals surface area contributed by atoms with Gasteiger partial charge in [-0.2, -0.15) is 18.3 Å². The third-order valence-electron chi connectivity index (χ3n) is 6.96. The van der Waals surface area contributed by atoms with E-state index in [2.05, 4.69) is 10.3 Å². The second-order valence-electron chi connectivity index (χ2n) is 10.7. The number of aromatic nitrogens is 3. The minimum Gasteiger partial charge on any atom is -0.491 e. The van der Waals surface area contributed by atoms with E-state index in [0.717, 1.165) is 11.6 Å². The number of fused-ring (bicyclic) bond motifs is 1. The first-order valence-electron chi connectivity index (χ1n) is 13.5. The molecule has 3 heterocycles. The zero-order valence-electron chi connectivity index (χ0n) is 23.6. The number of anilines is 2. The minimum atomic E-state index is -4.74. The van der Waals surface area contributed by atoms with E-state index in [1.165, 1.54) is 17.0 Å². The van der Waals surface area contributed by atoms with Crippen molar-refractivity contribution in [3.05, 3.63) is 82.7 Å². The number of pyridine rings is 1. The predicted octanol–water partition coefficient (Wildman–Crippen LogP) is 6.63. The highest BCUT2D eigenvalue weighted by Crippen LogP contribution is 2.39. The molecule has 0 atom stereocenters. The molecule has 2 aromatic heterocycles. The van der Waals surface area contributed by atoms with Crippen molar-refractivity contribution in [3.63, 3.8) is 0 Å². The van der Waals surface area contributed by atoms with Crippen molar-refractivity contribution in [2.24, 2.45) is 11.7 Å². The van der Waals surface area contributed by atoms with Crippen molar-refractivity contribution in [2.75, 3.05) is 23.4 Å². The Hall–Kier alpha value is -4.68. The number of para-hydroxylation sites is 1. The van der Waals surface area contributed by atoms with Gasteiger partial charge in [-0.1, -0.05) is 26.0 Å². The molecule has 2 aromatic carbocycles. The molecule has 0 fully saturated rings. The molecule has 226 valence electrons. The van der Waals surface area contributed by atoms with Gasteiger partial charge in [0.1, 0.15) is 17.3 Å². The molecule has 5 rings (SSSR count). The molecular formula is C30H29F5N6O2. The number of carbonyl (C=O) groups is 1. The van der Waals surface area contributed by atoms with Crippen molar-refractivity contribution < 1.29 is 31.5 Å². The monoisotopic (exact) mass is 600 g/mol. The third-order valence-corrected chi connectivity index (χ3v) is 6.96. The number of alkyl halides is 3. The molecule has 0 spiro atoms. The molecule has 43 heavy (non-hydrogen) atoms. The fourth-order valence-electron chi connectivity index (χ4n) is 5.01. The number of ether oxygens (including phenoxy) is 1. The smallest absolute Gasteiger partial charge is 0.417 e. The summed E-state index contributed by atoms with van der Waals surface area (Å²) in [7, 11) is 0. The highest BCUT2D eigenvalue weighted by Gasteiger charge is 2.34. The first kappa shape index (κ1) is 29.8. The van der Waals surface area contributed by atoms with Crippen LogP contribution in [0.1, 0.15) is 36.2 Å². The average Bonchev–Trinajstić information content (AvgIpc) is 3.29. The Morgan fingerprint density at radius 2 is 1.91 bits per heavy atom. The Morgan fingerprint density at radius 1 is 1.14 bits per heavy atom. The Balaban J connectivity index is 1.66. The summed E-state index contributed by atoms with van der Waals surface area (Å²) >= 11 is 0. The Bertz CT molecular complexity index is 1680. The standard InChI is InChI=1S/C30H29F5N6O2/c1-16(2)15-43-25-6-4-5-17(3)26(25)41-27(20-8-7-19(12-22(20)31)38-29(36)42)21-14-40(10-9-24(21)39-41)28-23(32)11-18(13-37-28)30(33,34)35/h4-8,11-13,16H,9-10,14-15H2,1-3H3,(H3,36,38,42). The van der Waals surface area contributed by atoms with Gasteiger partial charge in [0.05, 0.1) is 23.6 Å². The number of nitrogens with zero attached hydrogens (tertiary/aromatic N) is 4. The van der Waals surface area contributed by atoms with E-state index in [4.69, 9.17) is 15.6 Å². The van der Waals surface area contributed by atoms with E-state index in [1.807, 2.05) is 32.9 Å². The maximum atomic E-state index is 15.8. The number of hydrogen-bond acceptors (Lipinski definition) is 5. The van der Waals surface area contributed by atoms with Crippen LogP contribution in [0.3, 0.4) is 0 Å². The van der Waals surface area contributed by atoms with Crippen LogP contribution in [0.2, 0.25) is 0 Å². The molecule has 4 aromatic rings. The maximum Gasteiger partial charge on any atom is 0.417 e. The highest BCUT2D eigenvalue weighted by atomic mass is 19.4. The zero-order chi connectivity index (χ0) is 31.1. The van der Waals surface area contributed by atoms with Crippen molar-refractivity contribution in [1.82, 2.24) is 14.8 Å². The number of rotatable bonds is 7. The molecule has 2 amide bonds. The van der Waals surface area contributed by atoms with Gasteiger partial charge < -0.3 is 20.7 Å². The van der Waals surface area contributed by atoms with E-state index in [9.17, 15) is 22.4 Å². The van der Waals surface area contributed by atoms with Gasteiger partial charge in [0, 0.05) is 42.5 Å². The van der Waals surface area contributed by atoms with E-state index in [-0.39, 0.29) is 42.5 Å². The Labute approximate surface area is 244 Å². The van der Waals surface area contributed by atoms with Gasteiger partial charge in [0.15, 0.2) is 11.6 Å². The Kier molecular flexibility index (Phi) is 8.00. The number of hydrogen-bond donors (Lipinski definition) is 2. The zero-order valence-corrected chi connectivity index (χ0v) is 23.6. The fraction of sp³-hybridized carbons (Fsp3) is 0.300. The summed E-state index contributed by atoms with van der Waals surface area (Å²) in [4.78, 5) is 16.6. The molecule has 0 aliphatic carbocycles. The van der Waals surface area contributed by atoms with Crippen LogP contribution in [0, 0.1) is 24.5 Å². The van der Waals surface area contributed by atoms with Gasteiger partial charge in [-0.3, -0.25) is 0 Å². The molecule has 0 radical (unpaired) electrons. The minimum absolute atomic E-state index is 0.00521. The summed E-state index contributed by atoms with van der Waals surface area (Å²) < 4.78 is 77.8. The van der Waals surface area contributed by atoms with Crippen LogP contribution >= 0.6 is 0 Å². The van der Waals surface area contributed by atoms with Crippen molar-refractivity contribution in [1.29, 1.82) is 0 Å². The number of benzene rings is 2. The van der Waals surface area contributed by atoms with Crippen LogP contribution < -0.4 is 20.7 Å². The number of nitrogens with one attached hydrogen (secondary N) is 1. The molecule has 1 aliphatic heterocycles. The molecule has 0 saturated carbocycles.